The number of ether oxygens (including phenoxy) is 2. The molecule has 0 aliphatic rings. The molecule has 7 heteroatoms. The minimum Gasteiger partial charge on any atom is -0.465 e. The van der Waals surface area contributed by atoms with Gasteiger partial charge in [0.25, 0.3) is 0 Å². The molecule has 162 valence electrons. The maximum atomic E-state index is 13.3. The van der Waals surface area contributed by atoms with Crippen LogP contribution in [0.4, 0.5) is 0 Å². The van der Waals surface area contributed by atoms with E-state index in [9.17, 15) is 14.4 Å². The Balaban J connectivity index is 1.67. The van der Waals surface area contributed by atoms with Gasteiger partial charge in [-0.3, -0.25) is 9.13 Å². The van der Waals surface area contributed by atoms with Gasteiger partial charge in [-0.1, -0.05) is 36.4 Å². The number of carbonyl (C=O) groups excluding carboxylic acids is 2. The number of para-hydroxylation sites is 2. The molecule has 32 heavy (non-hydrogen) atoms. The van der Waals surface area contributed by atoms with Crippen molar-refractivity contribution in [1.82, 2.24) is 9.13 Å². The lowest BCUT2D eigenvalue weighted by Gasteiger charge is -2.06. The van der Waals surface area contributed by atoms with Gasteiger partial charge in [0, 0.05) is 0 Å². The van der Waals surface area contributed by atoms with Crippen molar-refractivity contribution in [2.24, 2.45) is 0 Å². The van der Waals surface area contributed by atoms with Gasteiger partial charge in [0.2, 0.25) is 0 Å². The lowest BCUT2D eigenvalue weighted by atomic mass is 10.1. The molecular formula is C25H22N2O5. The minimum atomic E-state index is -0.400. The number of aromatic nitrogens is 2. The van der Waals surface area contributed by atoms with Crippen molar-refractivity contribution in [3.63, 3.8) is 0 Å². The van der Waals surface area contributed by atoms with E-state index in [2.05, 4.69) is 0 Å². The fraction of sp³-hybridized carbons (Fsp3) is 0.160. The molecule has 1 aromatic heterocycles. The summed E-state index contributed by atoms with van der Waals surface area (Å²) in [5, 5.41) is 0. The number of rotatable bonds is 6. The second kappa shape index (κ2) is 8.93. The van der Waals surface area contributed by atoms with Gasteiger partial charge < -0.3 is 9.47 Å². The van der Waals surface area contributed by atoms with Crippen LogP contribution < -0.4 is 5.69 Å². The first kappa shape index (κ1) is 21.1. The maximum Gasteiger partial charge on any atom is 0.337 e. The van der Waals surface area contributed by atoms with E-state index in [0.717, 1.165) is 22.2 Å². The fourth-order valence-corrected chi connectivity index (χ4v) is 3.67. The molecule has 0 aliphatic heterocycles. The van der Waals surface area contributed by atoms with Crippen molar-refractivity contribution in [1.29, 1.82) is 0 Å². The van der Waals surface area contributed by atoms with Gasteiger partial charge in [0.15, 0.2) is 0 Å². The third-order valence-corrected chi connectivity index (χ3v) is 5.36. The monoisotopic (exact) mass is 430 g/mol. The average Bonchev–Trinajstić information content (AvgIpc) is 3.10. The molecule has 1 heterocycles. The fourth-order valence-electron chi connectivity index (χ4n) is 3.67. The number of methoxy groups -OCH3 is 2. The number of hydrogen-bond acceptors (Lipinski definition) is 5. The summed E-state index contributed by atoms with van der Waals surface area (Å²) in [6, 6.07) is 21.6. The molecule has 0 spiro atoms. The number of nitrogens with zero attached hydrogens (tertiary/aromatic N) is 2. The van der Waals surface area contributed by atoms with Crippen LogP contribution in [0.3, 0.4) is 0 Å². The van der Waals surface area contributed by atoms with Gasteiger partial charge in [-0.25, -0.2) is 14.4 Å². The molecule has 0 bridgehead atoms. The van der Waals surface area contributed by atoms with Gasteiger partial charge in [0.1, 0.15) is 0 Å². The van der Waals surface area contributed by atoms with E-state index in [4.69, 9.17) is 9.47 Å². The topological polar surface area (TPSA) is 79.5 Å². The summed E-state index contributed by atoms with van der Waals surface area (Å²) in [5.41, 5.74) is 4.21. The molecule has 3 aromatic carbocycles. The Hall–Kier alpha value is -4.13. The highest BCUT2D eigenvalue weighted by molar-refractivity contribution is 5.89. The third-order valence-electron chi connectivity index (χ3n) is 5.36. The molecule has 0 atom stereocenters. The predicted octanol–water partition coefficient (Wildman–Crippen LogP) is 3.47. The number of fused-ring (bicyclic) bond motifs is 1. The number of benzene rings is 3. The Morgan fingerprint density at radius 1 is 0.656 bits per heavy atom. The number of esters is 2. The van der Waals surface area contributed by atoms with E-state index in [1.54, 1.807) is 33.4 Å². The van der Waals surface area contributed by atoms with Gasteiger partial charge in [-0.2, -0.15) is 0 Å². The van der Waals surface area contributed by atoms with Crippen LogP contribution in [0.1, 0.15) is 31.8 Å². The number of imidazole rings is 1. The molecule has 0 radical (unpaired) electrons. The predicted molar refractivity (Wildman–Crippen MR) is 120 cm³/mol. The summed E-state index contributed by atoms with van der Waals surface area (Å²) >= 11 is 0. The van der Waals surface area contributed by atoms with Crippen LogP contribution in [-0.4, -0.2) is 35.3 Å². The summed E-state index contributed by atoms with van der Waals surface area (Å²) in [6.07, 6.45) is 0. The van der Waals surface area contributed by atoms with Crippen LogP contribution in [0.5, 0.6) is 0 Å². The first-order valence-corrected chi connectivity index (χ1v) is 10.0. The van der Waals surface area contributed by atoms with Crippen LogP contribution in [0.15, 0.2) is 77.6 Å². The molecule has 0 amide bonds. The highest BCUT2D eigenvalue weighted by Crippen LogP contribution is 2.17. The van der Waals surface area contributed by atoms with Crippen molar-refractivity contribution in [2.75, 3.05) is 14.2 Å². The first-order valence-electron chi connectivity index (χ1n) is 10.0. The number of hydrogen-bond donors (Lipinski definition) is 0. The van der Waals surface area contributed by atoms with Gasteiger partial charge in [0.05, 0.1) is 49.5 Å². The minimum absolute atomic E-state index is 0.139. The second-order valence-corrected chi connectivity index (χ2v) is 7.32. The van der Waals surface area contributed by atoms with Crippen molar-refractivity contribution in [2.45, 2.75) is 13.1 Å². The smallest absolute Gasteiger partial charge is 0.337 e. The number of carbonyl (C=O) groups is 2. The van der Waals surface area contributed by atoms with Crippen LogP contribution in [-0.2, 0) is 22.6 Å². The van der Waals surface area contributed by atoms with Crippen molar-refractivity contribution < 1.29 is 19.1 Å². The zero-order chi connectivity index (χ0) is 22.7. The van der Waals surface area contributed by atoms with E-state index in [-0.39, 0.29) is 5.69 Å². The highest BCUT2D eigenvalue weighted by atomic mass is 16.5. The van der Waals surface area contributed by atoms with Gasteiger partial charge >= 0.3 is 17.6 Å². The molecule has 7 nitrogen and oxygen atoms in total. The third kappa shape index (κ3) is 4.05. The molecule has 0 N–H and O–H groups in total. The quantitative estimate of drug-likeness (QED) is 0.438. The summed E-state index contributed by atoms with van der Waals surface area (Å²) in [6.45, 7) is 0.740. The van der Waals surface area contributed by atoms with Crippen LogP contribution >= 0.6 is 0 Å². The normalized spacial score (nSPS) is 10.8. The highest BCUT2D eigenvalue weighted by Gasteiger charge is 2.14. The zero-order valence-corrected chi connectivity index (χ0v) is 17.8. The largest absolute Gasteiger partial charge is 0.465 e. The molecule has 4 aromatic rings. The van der Waals surface area contributed by atoms with Crippen LogP contribution in [0, 0.1) is 0 Å². The van der Waals surface area contributed by atoms with E-state index < -0.39 is 11.9 Å². The summed E-state index contributed by atoms with van der Waals surface area (Å²) in [5.74, 6) is -0.799. The van der Waals surface area contributed by atoms with E-state index in [0.29, 0.717) is 24.2 Å². The van der Waals surface area contributed by atoms with Gasteiger partial charge in [-0.15, -0.1) is 0 Å². The SMILES string of the molecule is COC(=O)c1ccc(Cn2c(=O)n(Cc3ccc(C(=O)OC)cc3)c3ccccc32)cc1. The molecule has 0 aliphatic carbocycles. The van der Waals surface area contributed by atoms with Crippen molar-refractivity contribution in [3.05, 3.63) is 106 Å². The van der Waals surface area contributed by atoms with Gasteiger partial charge in [-0.05, 0) is 47.5 Å². The zero-order valence-electron chi connectivity index (χ0n) is 17.8. The standard InChI is InChI=1S/C25H22N2O5/c1-31-23(28)19-11-7-17(8-12-19)15-26-21-5-3-4-6-22(21)27(25(26)30)16-18-9-13-20(14-10-18)24(29)32-2/h3-14H,15-16H2,1-2H3. The molecule has 0 saturated heterocycles. The molecule has 0 unspecified atom stereocenters. The Bertz CT molecular complexity index is 1230. The van der Waals surface area contributed by atoms with Crippen LogP contribution in [0.25, 0.3) is 11.0 Å². The average molecular weight is 430 g/mol. The Kier molecular flexibility index (Phi) is 5.89. The maximum absolute atomic E-state index is 13.3. The summed E-state index contributed by atoms with van der Waals surface area (Å²) in [7, 11) is 2.68. The molecular weight excluding hydrogens is 408 g/mol. The molecule has 0 saturated carbocycles. The lowest BCUT2D eigenvalue weighted by molar-refractivity contribution is 0.0592. The van der Waals surface area contributed by atoms with Crippen LogP contribution in [0.2, 0.25) is 0 Å². The van der Waals surface area contributed by atoms with E-state index in [1.807, 2.05) is 48.5 Å². The van der Waals surface area contributed by atoms with E-state index in [1.165, 1.54) is 14.2 Å². The summed E-state index contributed by atoms with van der Waals surface area (Å²) in [4.78, 5) is 36.6. The Morgan fingerprint density at radius 2 is 1.03 bits per heavy atom. The molecule has 0 fully saturated rings. The van der Waals surface area contributed by atoms with E-state index >= 15 is 0 Å². The lowest BCUT2D eigenvalue weighted by Crippen LogP contribution is -2.25. The van der Waals surface area contributed by atoms with Crippen molar-refractivity contribution in [3.8, 4) is 0 Å². The molecule has 4 rings (SSSR count). The Morgan fingerprint density at radius 3 is 1.38 bits per heavy atom. The summed E-state index contributed by atoms with van der Waals surface area (Å²) < 4.78 is 12.9. The first-order chi connectivity index (χ1) is 15.5. The van der Waals surface area contributed by atoms with Crippen molar-refractivity contribution >= 4 is 23.0 Å². The second-order valence-electron chi connectivity index (χ2n) is 7.32. The Labute approximate surface area is 184 Å².